The molecule has 0 saturated heterocycles. The van der Waals surface area contributed by atoms with Crippen molar-refractivity contribution in [3.63, 3.8) is 0 Å². The molecule has 1 rings (SSSR count). The summed E-state index contributed by atoms with van der Waals surface area (Å²) in [6, 6.07) is 6.60. The van der Waals surface area contributed by atoms with E-state index in [0.29, 0.717) is 36.1 Å². The normalized spacial score (nSPS) is 10.2. The molecule has 0 aliphatic heterocycles. The van der Waals surface area contributed by atoms with E-state index in [2.05, 4.69) is 16.0 Å². The van der Waals surface area contributed by atoms with Gasteiger partial charge in [-0.25, -0.2) is 4.79 Å². The number of urea groups is 1. The number of amides is 3. The Bertz CT molecular complexity index is 463. The molecule has 0 aromatic heterocycles. The van der Waals surface area contributed by atoms with Gasteiger partial charge in [-0.3, -0.25) is 4.79 Å². The molecule has 0 radical (unpaired) electrons. The third kappa shape index (κ3) is 5.93. The summed E-state index contributed by atoms with van der Waals surface area (Å²) in [5.41, 5.74) is 0.429. The average molecular weight is 298 g/mol. The highest BCUT2D eigenvalue weighted by molar-refractivity contribution is 6.33. The Morgan fingerprint density at radius 3 is 2.40 bits per heavy atom. The van der Waals surface area contributed by atoms with Crippen LogP contribution in [0.5, 0.6) is 0 Å². The minimum Gasteiger partial charge on any atom is -0.350 e. The Morgan fingerprint density at radius 1 is 1.10 bits per heavy atom. The van der Waals surface area contributed by atoms with Crippen molar-refractivity contribution >= 4 is 23.5 Å². The molecule has 5 nitrogen and oxygen atoms in total. The first kappa shape index (κ1) is 16.3. The minimum atomic E-state index is -0.250. The zero-order chi connectivity index (χ0) is 15.0. The Kier molecular flexibility index (Phi) is 6.87. The van der Waals surface area contributed by atoms with Crippen LogP contribution < -0.4 is 16.0 Å². The van der Waals surface area contributed by atoms with Gasteiger partial charge in [0.2, 0.25) is 0 Å². The van der Waals surface area contributed by atoms with E-state index in [1.54, 1.807) is 24.3 Å². The number of hydrogen-bond acceptors (Lipinski definition) is 2. The monoisotopic (exact) mass is 297 g/mol. The summed E-state index contributed by atoms with van der Waals surface area (Å²) in [6.07, 6.45) is 0. The summed E-state index contributed by atoms with van der Waals surface area (Å²) in [5, 5.41) is 8.49. The zero-order valence-electron chi connectivity index (χ0n) is 11.7. The molecule has 3 amide bonds. The van der Waals surface area contributed by atoms with Gasteiger partial charge < -0.3 is 16.0 Å². The first-order chi connectivity index (χ1) is 9.50. The highest BCUT2D eigenvalue weighted by Crippen LogP contribution is 2.14. The van der Waals surface area contributed by atoms with Gasteiger partial charge in [0.05, 0.1) is 10.6 Å². The molecular weight excluding hydrogens is 278 g/mol. The second-order valence-electron chi connectivity index (χ2n) is 4.77. The van der Waals surface area contributed by atoms with Crippen LogP contribution in [0.25, 0.3) is 0 Å². The summed E-state index contributed by atoms with van der Waals surface area (Å²) < 4.78 is 0. The Labute approximate surface area is 124 Å². The predicted molar refractivity (Wildman–Crippen MR) is 80.0 cm³/mol. The van der Waals surface area contributed by atoms with Crippen molar-refractivity contribution in [2.24, 2.45) is 5.92 Å². The van der Waals surface area contributed by atoms with Crippen LogP contribution in [0.15, 0.2) is 24.3 Å². The molecule has 0 unspecified atom stereocenters. The highest BCUT2D eigenvalue weighted by Gasteiger charge is 2.08. The minimum absolute atomic E-state index is 0.231. The Hall–Kier alpha value is -1.75. The van der Waals surface area contributed by atoms with E-state index in [1.165, 1.54) is 0 Å². The summed E-state index contributed by atoms with van der Waals surface area (Å²) in [5.74, 6) is 0.153. The van der Waals surface area contributed by atoms with Gasteiger partial charge in [-0.05, 0) is 18.1 Å². The summed E-state index contributed by atoms with van der Waals surface area (Å²) in [6.45, 7) is 5.37. The third-order valence-electron chi connectivity index (χ3n) is 2.49. The summed E-state index contributed by atoms with van der Waals surface area (Å²) >= 11 is 5.91. The van der Waals surface area contributed by atoms with Crippen LogP contribution in [0, 0.1) is 5.92 Å². The van der Waals surface area contributed by atoms with Crippen LogP contribution >= 0.6 is 11.6 Å². The molecule has 1 aromatic rings. The molecule has 0 bridgehead atoms. The summed E-state index contributed by atoms with van der Waals surface area (Å²) in [4.78, 5) is 23.2. The van der Waals surface area contributed by atoms with Gasteiger partial charge in [0.15, 0.2) is 0 Å². The number of rotatable bonds is 6. The molecule has 0 atom stereocenters. The Balaban J connectivity index is 2.23. The number of hydrogen-bond donors (Lipinski definition) is 3. The fourth-order valence-corrected chi connectivity index (χ4v) is 1.67. The second kappa shape index (κ2) is 8.43. The lowest BCUT2D eigenvalue weighted by Gasteiger charge is -2.10. The van der Waals surface area contributed by atoms with Gasteiger partial charge in [-0.15, -0.1) is 0 Å². The SMILES string of the molecule is CC(C)CNC(=O)NCCNC(=O)c1ccccc1Cl. The van der Waals surface area contributed by atoms with Crippen molar-refractivity contribution in [3.05, 3.63) is 34.9 Å². The molecule has 0 saturated carbocycles. The smallest absolute Gasteiger partial charge is 0.314 e. The quantitative estimate of drug-likeness (QED) is 0.703. The van der Waals surface area contributed by atoms with Gasteiger partial charge in [-0.1, -0.05) is 37.6 Å². The van der Waals surface area contributed by atoms with Crippen LogP contribution in [0.1, 0.15) is 24.2 Å². The van der Waals surface area contributed by atoms with Gasteiger partial charge in [0.25, 0.3) is 5.91 Å². The maximum Gasteiger partial charge on any atom is 0.314 e. The van der Waals surface area contributed by atoms with Gasteiger partial charge in [0.1, 0.15) is 0 Å². The Morgan fingerprint density at radius 2 is 1.75 bits per heavy atom. The van der Waals surface area contributed by atoms with E-state index < -0.39 is 0 Å². The lowest BCUT2D eigenvalue weighted by molar-refractivity contribution is 0.0954. The molecule has 0 heterocycles. The molecule has 110 valence electrons. The number of benzene rings is 1. The second-order valence-corrected chi connectivity index (χ2v) is 5.17. The molecular formula is C14H20ClN3O2. The van der Waals surface area contributed by atoms with Crippen LogP contribution in [-0.2, 0) is 0 Å². The van der Waals surface area contributed by atoms with Crippen LogP contribution in [0.4, 0.5) is 4.79 Å². The fraction of sp³-hybridized carbons (Fsp3) is 0.429. The molecule has 0 spiro atoms. The molecule has 0 fully saturated rings. The van der Waals surface area contributed by atoms with Crippen molar-refractivity contribution in [1.29, 1.82) is 0 Å². The van der Waals surface area contributed by atoms with Crippen LogP contribution in [-0.4, -0.2) is 31.6 Å². The van der Waals surface area contributed by atoms with E-state index >= 15 is 0 Å². The molecule has 3 N–H and O–H groups in total. The average Bonchev–Trinajstić information content (AvgIpc) is 2.41. The standard InChI is InChI=1S/C14H20ClN3O2/c1-10(2)9-18-14(20)17-8-7-16-13(19)11-5-3-4-6-12(11)15/h3-6,10H,7-9H2,1-2H3,(H,16,19)(H2,17,18,20). The maximum absolute atomic E-state index is 11.8. The molecule has 20 heavy (non-hydrogen) atoms. The van der Waals surface area contributed by atoms with Gasteiger partial charge in [0, 0.05) is 19.6 Å². The van der Waals surface area contributed by atoms with Crippen LogP contribution in [0.2, 0.25) is 5.02 Å². The number of halogens is 1. The molecule has 1 aromatic carbocycles. The number of carbonyl (C=O) groups excluding carboxylic acids is 2. The number of nitrogens with one attached hydrogen (secondary N) is 3. The van der Waals surface area contributed by atoms with E-state index in [9.17, 15) is 9.59 Å². The molecule has 0 aliphatic carbocycles. The van der Waals surface area contributed by atoms with E-state index in [-0.39, 0.29) is 11.9 Å². The van der Waals surface area contributed by atoms with Crippen molar-refractivity contribution < 1.29 is 9.59 Å². The van der Waals surface area contributed by atoms with E-state index in [1.807, 2.05) is 13.8 Å². The predicted octanol–water partition coefficient (Wildman–Crippen LogP) is 2.02. The lowest BCUT2D eigenvalue weighted by atomic mass is 10.2. The maximum atomic E-state index is 11.8. The van der Waals surface area contributed by atoms with Crippen molar-refractivity contribution in [2.75, 3.05) is 19.6 Å². The zero-order valence-corrected chi connectivity index (χ0v) is 12.5. The van der Waals surface area contributed by atoms with Crippen molar-refractivity contribution in [3.8, 4) is 0 Å². The topological polar surface area (TPSA) is 70.2 Å². The highest BCUT2D eigenvalue weighted by atomic mass is 35.5. The van der Waals surface area contributed by atoms with Crippen molar-refractivity contribution in [2.45, 2.75) is 13.8 Å². The van der Waals surface area contributed by atoms with Crippen molar-refractivity contribution in [1.82, 2.24) is 16.0 Å². The van der Waals surface area contributed by atoms with Gasteiger partial charge >= 0.3 is 6.03 Å². The van der Waals surface area contributed by atoms with E-state index in [0.717, 1.165) is 0 Å². The lowest BCUT2D eigenvalue weighted by Crippen LogP contribution is -2.41. The fourth-order valence-electron chi connectivity index (χ4n) is 1.45. The largest absolute Gasteiger partial charge is 0.350 e. The first-order valence-electron chi connectivity index (χ1n) is 6.55. The summed E-state index contributed by atoms with van der Waals surface area (Å²) in [7, 11) is 0. The third-order valence-corrected chi connectivity index (χ3v) is 2.82. The molecule has 6 heteroatoms. The molecule has 0 aliphatic rings. The van der Waals surface area contributed by atoms with E-state index in [4.69, 9.17) is 11.6 Å². The van der Waals surface area contributed by atoms with Crippen LogP contribution in [0.3, 0.4) is 0 Å². The van der Waals surface area contributed by atoms with Gasteiger partial charge in [-0.2, -0.15) is 0 Å². The number of carbonyl (C=O) groups is 2. The first-order valence-corrected chi connectivity index (χ1v) is 6.93.